The van der Waals surface area contributed by atoms with E-state index >= 15 is 0 Å². The number of aliphatic hydroxyl groups is 2. The van der Waals surface area contributed by atoms with E-state index in [4.69, 9.17) is 9.84 Å². The molecule has 0 aliphatic heterocycles. The van der Waals surface area contributed by atoms with Crippen LogP contribution in [0.4, 0.5) is 0 Å². The molecule has 96 valence electrons. The van der Waals surface area contributed by atoms with Crippen molar-refractivity contribution in [2.24, 2.45) is 11.8 Å². The molecule has 4 atom stereocenters. The average molecular weight is 240 g/mol. The molecule has 0 aromatic heterocycles. The van der Waals surface area contributed by atoms with Gasteiger partial charge in [-0.05, 0) is 31.6 Å². The Kier molecular flexibility index (Phi) is 3.72. The van der Waals surface area contributed by atoms with Gasteiger partial charge in [-0.15, -0.1) is 0 Å². The number of rotatable bonds is 4. The molecule has 2 aliphatic rings. The van der Waals surface area contributed by atoms with Crippen LogP contribution >= 0.6 is 0 Å². The van der Waals surface area contributed by atoms with E-state index in [-0.39, 0.29) is 36.8 Å². The first kappa shape index (κ1) is 12.4. The van der Waals surface area contributed by atoms with Gasteiger partial charge in [-0.1, -0.05) is 6.58 Å². The number of esters is 1. The van der Waals surface area contributed by atoms with Crippen molar-refractivity contribution in [2.45, 2.75) is 50.7 Å². The maximum absolute atomic E-state index is 11.5. The minimum Gasteiger partial charge on any atom is -0.513 e. The van der Waals surface area contributed by atoms with E-state index < -0.39 is 0 Å². The molecular weight excluding hydrogens is 220 g/mol. The summed E-state index contributed by atoms with van der Waals surface area (Å²) in [5, 5.41) is 18.7. The van der Waals surface area contributed by atoms with Crippen molar-refractivity contribution in [3.8, 4) is 0 Å². The molecule has 2 aliphatic carbocycles. The number of fused-ring (bicyclic) bond motifs is 1. The molecule has 17 heavy (non-hydrogen) atoms. The van der Waals surface area contributed by atoms with Crippen molar-refractivity contribution in [2.75, 3.05) is 0 Å². The standard InChI is InChI=1S/C13H20O4/c1-8(14)2-7-13(16)17-12-6-4-9-10(12)3-5-11(9)15/h9-12,14-15H,1-7H2/t9-,10-,11+,12+/m0/s1. The maximum atomic E-state index is 11.5. The first-order valence-electron chi connectivity index (χ1n) is 6.32. The van der Waals surface area contributed by atoms with Gasteiger partial charge in [-0.2, -0.15) is 0 Å². The summed E-state index contributed by atoms with van der Waals surface area (Å²) >= 11 is 0. The lowest BCUT2D eigenvalue weighted by atomic mass is 9.98. The number of hydrogen-bond acceptors (Lipinski definition) is 4. The fourth-order valence-corrected chi connectivity index (χ4v) is 3.14. The first-order valence-corrected chi connectivity index (χ1v) is 6.32. The van der Waals surface area contributed by atoms with Gasteiger partial charge in [0, 0.05) is 12.3 Å². The summed E-state index contributed by atoms with van der Waals surface area (Å²) in [5.74, 6) is 0.404. The van der Waals surface area contributed by atoms with E-state index in [1.165, 1.54) is 0 Å². The van der Waals surface area contributed by atoms with Crippen LogP contribution < -0.4 is 0 Å². The zero-order valence-corrected chi connectivity index (χ0v) is 9.97. The molecule has 0 aromatic rings. The van der Waals surface area contributed by atoms with Crippen LogP contribution in [0.3, 0.4) is 0 Å². The van der Waals surface area contributed by atoms with Gasteiger partial charge in [0.05, 0.1) is 18.3 Å². The Hall–Kier alpha value is -1.03. The molecule has 0 spiro atoms. The van der Waals surface area contributed by atoms with E-state index in [1.54, 1.807) is 0 Å². The van der Waals surface area contributed by atoms with Crippen LogP contribution in [0.25, 0.3) is 0 Å². The van der Waals surface area contributed by atoms with Gasteiger partial charge < -0.3 is 14.9 Å². The Labute approximate surface area is 101 Å². The third kappa shape index (κ3) is 2.80. The summed E-state index contributed by atoms with van der Waals surface area (Å²) in [6.07, 6.45) is 3.81. The van der Waals surface area contributed by atoms with Gasteiger partial charge in [0.1, 0.15) is 6.10 Å². The van der Waals surface area contributed by atoms with E-state index in [0.717, 1.165) is 25.7 Å². The highest BCUT2D eigenvalue weighted by Gasteiger charge is 2.45. The highest BCUT2D eigenvalue weighted by Crippen LogP contribution is 2.45. The monoisotopic (exact) mass is 240 g/mol. The maximum Gasteiger partial charge on any atom is 0.306 e. The van der Waals surface area contributed by atoms with Gasteiger partial charge in [-0.3, -0.25) is 4.79 Å². The third-order valence-corrected chi connectivity index (χ3v) is 4.00. The Morgan fingerprint density at radius 1 is 1.18 bits per heavy atom. The van der Waals surface area contributed by atoms with Gasteiger partial charge in [-0.25, -0.2) is 0 Å². The fraction of sp³-hybridized carbons (Fsp3) is 0.769. The van der Waals surface area contributed by atoms with Crippen molar-refractivity contribution in [3.63, 3.8) is 0 Å². The average Bonchev–Trinajstić information content (AvgIpc) is 2.81. The molecule has 4 heteroatoms. The number of carbonyl (C=O) groups excluding carboxylic acids is 1. The van der Waals surface area contributed by atoms with E-state index in [9.17, 15) is 9.90 Å². The van der Waals surface area contributed by atoms with Crippen LogP contribution in [0.2, 0.25) is 0 Å². The Balaban J connectivity index is 1.80. The van der Waals surface area contributed by atoms with Crippen molar-refractivity contribution < 1.29 is 19.7 Å². The van der Waals surface area contributed by atoms with Crippen molar-refractivity contribution >= 4 is 5.97 Å². The summed E-state index contributed by atoms with van der Waals surface area (Å²) in [6.45, 7) is 3.34. The molecular formula is C13H20O4. The van der Waals surface area contributed by atoms with E-state index in [2.05, 4.69) is 6.58 Å². The molecule has 0 unspecified atom stereocenters. The number of aliphatic hydroxyl groups excluding tert-OH is 2. The fourth-order valence-electron chi connectivity index (χ4n) is 3.14. The molecule has 0 heterocycles. The highest BCUT2D eigenvalue weighted by atomic mass is 16.5. The van der Waals surface area contributed by atoms with E-state index in [0.29, 0.717) is 11.8 Å². The molecule has 2 fully saturated rings. The zero-order chi connectivity index (χ0) is 12.4. The predicted octanol–water partition coefficient (Wildman–Crippen LogP) is 1.93. The molecule has 0 radical (unpaired) electrons. The first-order chi connectivity index (χ1) is 8.08. The minimum atomic E-state index is -0.271. The van der Waals surface area contributed by atoms with Gasteiger partial charge >= 0.3 is 5.97 Å². The normalized spacial score (nSPS) is 35.6. The van der Waals surface area contributed by atoms with Crippen LogP contribution in [0.1, 0.15) is 38.5 Å². The summed E-state index contributed by atoms with van der Waals surface area (Å²) in [7, 11) is 0. The Morgan fingerprint density at radius 3 is 2.59 bits per heavy atom. The van der Waals surface area contributed by atoms with E-state index in [1.807, 2.05) is 0 Å². The molecule has 2 saturated carbocycles. The summed E-state index contributed by atoms with van der Waals surface area (Å²) in [6, 6.07) is 0. The van der Waals surface area contributed by atoms with Crippen molar-refractivity contribution in [1.82, 2.24) is 0 Å². The summed E-state index contributed by atoms with van der Waals surface area (Å²) in [5.41, 5.74) is 0. The molecule has 2 rings (SSSR count). The number of carbonyl (C=O) groups is 1. The second kappa shape index (κ2) is 5.08. The van der Waals surface area contributed by atoms with Crippen LogP contribution in [-0.2, 0) is 9.53 Å². The van der Waals surface area contributed by atoms with Crippen LogP contribution in [-0.4, -0.2) is 28.4 Å². The lowest BCUT2D eigenvalue weighted by molar-refractivity contribution is -0.151. The van der Waals surface area contributed by atoms with Gasteiger partial charge in [0.2, 0.25) is 0 Å². The molecule has 0 bridgehead atoms. The molecule has 0 amide bonds. The highest BCUT2D eigenvalue weighted by molar-refractivity contribution is 5.69. The molecule has 0 saturated heterocycles. The van der Waals surface area contributed by atoms with Crippen LogP contribution in [0.15, 0.2) is 12.3 Å². The predicted molar refractivity (Wildman–Crippen MR) is 62.3 cm³/mol. The lowest BCUT2D eigenvalue weighted by Crippen LogP contribution is -2.24. The molecule has 0 aromatic carbocycles. The van der Waals surface area contributed by atoms with Crippen LogP contribution in [0.5, 0.6) is 0 Å². The van der Waals surface area contributed by atoms with Crippen molar-refractivity contribution in [1.29, 1.82) is 0 Å². The van der Waals surface area contributed by atoms with Gasteiger partial charge in [0.25, 0.3) is 0 Å². The number of allylic oxidation sites excluding steroid dienone is 1. The summed E-state index contributed by atoms with van der Waals surface area (Å²) < 4.78 is 5.42. The quantitative estimate of drug-likeness (QED) is 0.582. The number of ether oxygens (including phenoxy) is 1. The minimum absolute atomic E-state index is 0.0162. The lowest BCUT2D eigenvalue weighted by Gasteiger charge is -2.19. The molecule has 2 N–H and O–H groups in total. The Morgan fingerprint density at radius 2 is 1.88 bits per heavy atom. The second-order valence-electron chi connectivity index (χ2n) is 5.14. The van der Waals surface area contributed by atoms with Crippen LogP contribution in [0, 0.1) is 11.8 Å². The zero-order valence-electron chi connectivity index (χ0n) is 9.97. The third-order valence-electron chi connectivity index (χ3n) is 4.00. The van der Waals surface area contributed by atoms with Gasteiger partial charge in [0.15, 0.2) is 0 Å². The SMILES string of the molecule is C=C(O)CCC(=O)O[C@@H]1CC[C@H]2[C@@H]1CC[C@H]2O. The second-order valence-corrected chi connectivity index (χ2v) is 5.14. The number of hydrogen-bond donors (Lipinski definition) is 2. The largest absolute Gasteiger partial charge is 0.513 e. The smallest absolute Gasteiger partial charge is 0.306 e. The topological polar surface area (TPSA) is 66.8 Å². The summed E-state index contributed by atoms with van der Waals surface area (Å²) in [4.78, 5) is 11.5. The Bertz CT molecular complexity index is 313. The molecule has 4 nitrogen and oxygen atoms in total. The van der Waals surface area contributed by atoms with Crippen molar-refractivity contribution in [3.05, 3.63) is 12.3 Å².